The standard InChI is InChI=1S/C36H39FN4O9S/c1-20(35(45)39-17-21-5-4-6-24(13-21)30(42)16-31(43)36(46)47)40-33(44)19-41(51(3,48)49)29-15-32-27(14-26(29)22-7-8-22)28(18-38-2)34(50-32)23-9-11-25(37)12-10-23/h4-6,9-16,20,22,30,38,42-43H,7-8,17-19H2,1-3H3,(H,39,45)(H,40,44)(H,46,47)/b31-16-. The fourth-order valence-corrected chi connectivity index (χ4v) is 6.60. The van der Waals surface area contributed by atoms with Gasteiger partial charge in [0.2, 0.25) is 27.6 Å². The molecule has 1 aliphatic carbocycles. The molecule has 2 amide bonds. The van der Waals surface area contributed by atoms with Crippen LogP contribution in [0.4, 0.5) is 10.1 Å². The van der Waals surface area contributed by atoms with E-state index in [1.54, 1.807) is 37.4 Å². The molecule has 0 saturated heterocycles. The number of carbonyl (C=O) groups is 3. The first-order valence-electron chi connectivity index (χ1n) is 16.1. The summed E-state index contributed by atoms with van der Waals surface area (Å²) in [6.45, 7) is 1.27. The zero-order chi connectivity index (χ0) is 37.0. The zero-order valence-electron chi connectivity index (χ0n) is 28.1. The maximum Gasteiger partial charge on any atom is 0.370 e. The van der Waals surface area contributed by atoms with Crippen LogP contribution >= 0.6 is 0 Å². The number of hydrogen-bond acceptors (Lipinski definition) is 9. The molecule has 3 aromatic carbocycles. The van der Waals surface area contributed by atoms with E-state index < -0.39 is 58.1 Å². The lowest BCUT2D eigenvalue weighted by Crippen LogP contribution is -2.48. The maximum absolute atomic E-state index is 13.7. The van der Waals surface area contributed by atoms with Crippen LogP contribution in [0.1, 0.15) is 54.0 Å². The normalized spacial score (nSPS) is 14.6. The molecule has 2 atom stereocenters. The van der Waals surface area contributed by atoms with E-state index >= 15 is 0 Å². The summed E-state index contributed by atoms with van der Waals surface area (Å²) < 4.78 is 47.4. The topological polar surface area (TPSA) is 199 Å². The second-order valence-corrected chi connectivity index (χ2v) is 14.4. The van der Waals surface area contributed by atoms with E-state index in [-0.39, 0.29) is 18.0 Å². The van der Waals surface area contributed by atoms with Crippen LogP contribution in [0, 0.1) is 5.82 Å². The molecular formula is C36H39FN4O9S. The average molecular weight is 723 g/mol. The summed E-state index contributed by atoms with van der Waals surface area (Å²) >= 11 is 0. The summed E-state index contributed by atoms with van der Waals surface area (Å²) in [6, 6.07) is 14.6. The SMILES string of the molecule is CNCc1c(-c2ccc(F)cc2)oc2cc(N(CC(=O)NC(C)C(=O)NCc3cccc(C(O)/C=C(\O)C(=O)O)c3)S(C)(=O)=O)c(C3CC3)cc12. The van der Waals surface area contributed by atoms with Crippen LogP contribution < -0.4 is 20.3 Å². The molecule has 0 radical (unpaired) electrons. The Bertz CT molecular complexity index is 2090. The molecule has 4 aromatic rings. The molecule has 13 nitrogen and oxygen atoms in total. The Labute approximate surface area is 293 Å². The fourth-order valence-electron chi connectivity index (χ4n) is 5.73. The molecule has 51 heavy (non-hydrogen) atoms. The highest BCUT2D eigenvalue weighted by molar-refractivity contribution is 7.92. The van der Waals surface area contributed by atoms with Gasteiger partial charge in [0.25, 0.3) is 0 Å². The summed E-state index contributed by atoms with van der Waals surface area (Å²) in [5.41, 5.74) is 3.74. The third kappa shape index (κ3) is 8.92. The molecule has 270 valence electrons. The number of anilines is 1. The first-order valence-corrected chi connectivity index (χ1v) is 18.0. The van der Waals surface area contributed by atoms with E-state index in [0.29, 0.717) is 34.7 Å². The van der Waals surface area contributed by atoms with E-state index in [2.05, 4.69) is 16.0 Å². The quantitative estimate of drug-likeness (QED) is 0.0771. The number of carboxylic acid groups (broad SMARTS) is 1. The third-order valence-electron chi connectivity index (χ3n) is 8.44. The highest BCUT2D eigenvalue weighted by atomic mass is 32.2. The number of rotatable bonds is 15. The Morgan fingerprint density at radius 3 is 2.39 bits per heavy atom. The van der Waals surface area contributed by atoms with Crippen molar-refractivity contribution in [2.75, 3.05) is 24.2 Å². The van der Waals surface area contributed by atoms with Crippen molar-refractivity contribution in [2.24, 2.45) is 0 Å². The van der Waals surface area contributed by atoms with Gasteiger partial charge in [-0.1, -0.05) is 24.3 Å². The van der Waals surface area contributed by atoms with E-state index in [1.807, 2.05) is 6.07 Å². The van der Waals surface area contributed by atoms with Gasteiger partial charge >= 0.3 is 5.97 Å². The van der Waals surface area contributed by atoms with Gasteiger partial charge in [-0.2, -0.15) is 0 Å². The molecule has 0 bridgehead atoms. The number of carboxylic acids is 1. The van der Waals surface area contributed by atoms with Gasteiger partial charge in [-0.05, 0) is 85.8 Å². The number of aliphatic hydroxyl groups is 2. The van der Waals surface area contributed by atoms with E-state index in [4.69, 9.17) is 9.52 Å². The van der Waals surface area contributed by atoms with Crippen LogP contribution in [0.15, 0.2) is 76.9 Å². The molecule has 1 aliphatic rings. The second kappa shape index (κ2) is 15.3. The number of aliphatic carboxylic acids is 1. The molecule has 1 aromatic heterocycles. The first-order chi connectivity index (χ1) is 24.2. The van der Waals surface area contributed by atoms with Crippen molar-refractivity contribution in [2.45, 2.75) is 50.9 Å². The van der Waals surface area contributed by atoms with Gasteiger partial charge in [-0.15, -0.1) is 0 Å². The number of amides is 2. The minimum absolute atomic E-state index is 0.00689. The van der Waals surface area contributed by atoms with Crippen molar-refractivity contribution in [3.63, 3.8) is 0 Å². The van der Waals surface area contributed by atoms with Crippen LogP contribution in [0.3, 0.4) is 0 Å². The first kappa shape index (κ1) is 37.0. The molecule has 1 heterocycles. The molecule has 6 N–H and O–H groups in total. The van der Waals surface area contributed by atoms with Gasteiger partial charge < -0.3 is 35.7 Å². The summed E-state index contributed by atoms with van der Waals surface area (Å²) in [5, 5.41) is 37.6. The number of nitrogens with zero attached hydrogens (tertiary/aromatic N) is 1. The number of sulfonamides is 1. The van der Waals surface area contributed by atoms with Crippen LogP contribution in [0.2, 0.25) is 0 Å². The molecular weight excluding hydrogens is 683 g/mol. The number of carbonyl (C=O) groups excluding carboxylic acids is 2. The Morgan fingerprint density at radius 1 is 1.06 bits per heavy atom. The Hall–Kier alpha value is -5.25. The van der Waals surface area contributed by atoms with Gasteiger partial charge in [0.05, 0.1) is 11.9 Å². The van der Waals surface area contributed by atoms with Crippen molar-refractivity contribution in [1.29, 1.82) is 0 Å². The van der Waals surface area contributed by atoms with Crippen molar-refractivity contribution in [1.82, 2.24) is 16.0 Å². The number of nitrogens with one attached hydrogen (secondary N) is 3. The highest BCUT2D eigenvalue weighted by Gasteiger charge is 2.33. The molecule has 5 rings (SSSR count). The Kier molecular flexibility index (Phi) is 11.1. The fraction of sp³-hybridized carbons (Fsp3) is 0.306. The van der Waals surface area contributed by atoms with E-state index in [1.165, 1.54) is 31.2 Å². The number of benzene rings is 3. The maximum atomic E-state index is 13.7. The lowest BCUT2D eigenvalue weighted by atomic mass is 10.0. The van der Waals surface area contributed by atoms with Gasteiger partial charge in [-0.3, -0.25) is 13.9 Å². The summed E-state index contributed by atoms with van der Waals surface area (Å²) in [6.07, 6.45) is 2.04. The minimum Gasteiger partial charge on any atom is -0.502 e. The minimum atomic E-state index is -4.00. The van der Waals surface area contributed by atoms with Crippen LogP contribution in [0.5, 0.6) is 0 Å². The van der Waals surface area contributed by atoms with Gasteiger partial charge in [0.1, 0.15) is 35.9 Å². The monoisotopic (exact) mass is 722 g/mol. The number of aliphatic hydroxyl groups excluding tert-OH is 2. The summed E-state index contributed by atoms with van der Waals surface area (Å²) in [5.74, 6) is -3.70. The molecule has 15 heteroatoms. The average Bonchev–Trinajstić information content (AvgIpc) is 3.87. The van der Waals surface area contributed by atoms with Crippen molar-refractivity contribution >= 4 is 44.5 Å². The predicted octanol–water partition coefficient (Wildman–Crippen LogP) is 3.98. The zero-order valence-corrected chi connectivity index (χ0v) is 29.0. The third-order valence-corrected chi connectivity index (χ3v) is 9.56. The number of fused-ring (bicyclic) bond motifs is 1. The summed E-state index contributed by atoms with van der Waals surface area (Å²) in [7, 11) is -2.22. The van der Waals surface area contributed by atoms with Crippen LogP contribution in [-0.4, -0.2) is 67.4 Å². The van der Waals surface area contributed by atoms with E-state index in [9.17, 15) is 37.4 Å². The lowest BCUT2D eigenvalue weighted by molar-refractivity contribution is -0.135. The number of hydrogen-bond donors (Lipinski definition) is 6. The van der Waals surface area contributed by atoms with Crippen LogP contribution in [-0.2, 0) is 37.5 Å². The summed E-state index contributed by atoms with van der Waals surface area (Å²) in [4.78, 5) is 37.0. The van der Waals surface area contributed by atoms with Crippen molar-refractivity contribution in [3.05, 3.63) is 101 Å². The molecule has 2 unspecified atom stereocenters. The second-order valence-electron chi connectivity index (χ2n) is 12.5. The Balaban J connectivity index is 1.33. The largest absolute Gasteiger partial charge is 0.502 e. The molecule has 0 spiro atoms. The van der Waals surface area contributed by atoms with Crippen LogP contribution in [0.25, 0.3) is 22.3 Å². The van der Waals surface area contributed by atoms with Crippen molar-refractivity contribution in [3.8, 4) is 11.3 Å². The number of halogens is 1. The van der Waals surface area contributed by atoms with E-state index in [0.717, 1.165) is 46.0 Å². The van der Waals surface area contributed by atoms with Gasteiger partial charge in [0, 0.05) is 35.7 Å². The smallest absolute Gasteiger partial charge is 0.370 e. The predicted molar refractivity (Wildman–Crippen MR) is 188 cm³/mol. The van der Waals surface area contributed by atoms with Gasteiger partial charge in [-0.25, -0.2) is 17.6 Å². The molecule has 1 saturated carbocycles. The highest BCUT2D eigenvalue weighted by Crippen LogP contribution is 2.48. The Morgan fingerprint density at radius 2 is 1.76 bits per heavy atom. The molecule has 0 aliphatic heterocycles. The van der Waals surface area contributed by atoms with Gasteiger partial charge in [0.15, 0.2) is 0 Å². The number of furan rings is 1. The molecule has 1 fully saturated rings. The lowest BCUT2D eigenvalue weighted by Gasteiger charge is -2.25. The van der Waals surface area contributed by atoms with Crippen molar-refractivity contribution < 1.29 is 46.9 Å².